The summed E-state index contributed by atoms with van der Waals surface area (Å²) in [4.78, 5) is 36.4. The van der Waals surface area contributed by atoms with Gasteiger partial charge in [-0.2, -0.15) is 0 Å². The highest BCUT2D eigenvalue weighted by atomic mass is 19.3. The summed E-state index contributed by atoms with van der Waals surface area (Å²) in [6.45, 7) is 2.12. The highest BCUT2D eigenvalue weighted by Gasteiger charge is 2.66. The number of hydrogen-bond acceptors (Lipinski definition) is 6. The van der Waals surface area contributed by atoms with E-state index in [1.807, 2.05) is 0 Å². The first-order valence-electron chi connectivity index (χ1n) is 9.29. The van der Waals surface area contributed by atoms with E-state index in [9.17, 15) is 23.2 Å². The molecule has 2 aromatic carbocycles. The van der Waals surface area contributed by atoms with Crippen LogP contribution in [0.5, 0.6) is 0 Å². The summed E-state index contributed by atoms with van der Waals surface area (Å²) in [5, 5.41) is 0. The second kappa shape index (κ2) is 8.61. The van der Waals surface area contributed by atoms with Crippen LogP contribution in [0.15, 0.2) is 60.7 Å². The first-order chi connectivity index (χ1) is 14.2. The summed E-state index contributed by atoms with van der Waals surface area (Å²) in [7, 11) is 0. The maximum absolute atomic E-state index is 14.9. The third-order valence-corrected chi connectivity index (χ3v) is 4.90. The quantitative estimate of drug-likeness (QED) is 0.545. The average molecular weight is 418 g/mol. The lowest BCUT2D eigenvalue weighted by Crippen LogP contribution is -2.43. The van der Waals surface area contributed by atoms with Crippen molar-refractivity contribution >= 4 is 17.9 Å². The molecule has 1 fully saturated rings. The van der Waals surface area contributed by atoms with Crippen LogP contribution >= 0.6 is 0 Å². The number of alkyl halides is 2. The molecule has 30 heavy (non-hydrogen) atoms. The number of benzene rings is 2. The molecule has 3 rings (SSSR count). The summed E-state index contributed by atoms with van der Waals surface area (Å²) >= 11 is 0. The van der Waals surface area contributed by atoms with Crippen LogP contribution in [0.4, 0.5) is 8.78 Å². The van der Waals surface area contributed by atoms with Crippen molar-refractivity contribution < 1.29 is 37.4 Å². The molecular weight excluding hydrogens is 398 g/mol. The Morgan fingerprint density at radius 1 is 0.767 bits per heavy atom. The van der Waals surface area contributed by atoms with E-state index in [-0.39, 0.29) is 11.1 Å². The van der Waals surface area contributed by atoms with Gasteiger partial charge >= 0.3 is 17.9 Å². The summed E-state index contributed by atoms with van der Waals surface area (Å²) in [5.74, 6) is -7.88. The Bertz CT molecular complexity index is 916. The molecule has 8 heteroatoms. The molecule has 0 N–H and O–H groups in total. The molecule has 6 nitrogen and oxygen atoms in total. The highest BCUT2D eigenvalue weighted by molar-refractivity contribution is 5.90. The topological polar surface area (TPSA) is 78.9 Å². The zero-order valence-electron chi connectivity index (χ0n) is 16.3. The van der Waals surface area contributed by atoms with Crippen molar-refractivity contribution in [2.45, 2.75) is 38.1 Å². The average Bonchev–Trinajstić information content (AvgIpc) is 2.90. The van der Waals surface area contributed by atoms with Gasteiger partial charge in [-0.15, -0.1) is 0 Å². The first kappa shape index (κ1) is 21.4. The number of ether oxygens (including phenoxy) is 3. The number of esters is 3. The minimum atomic E-state index is -3.59. The molecule has 1 aliphatic rings. The normalized spacial score (nSPS) is 24.7. The molecule has 0 spiro atoms. The SMILES string of the molecule is CC(=O)O[C@@H]1[C@@H](OC(=O)c2ccccc2)[C@H](OC(=O)c2ccccc2)[C@@H](C)C1(F)F. The van der Waals surface area contributed by atoms with E-state index < -0.39 is 48.1 Å². The van der Waals surface area contributed by atoms with E-state index in [4.69, 9.17) is 14.2 Å². The summed E-state index contributed by atoms with van der Waals surface area (Å²) in [6.07, 6.45) is -5.30. The molecule has 0 aliphatic heterocycles. The van der Waals surface area contributed by atoms with Crippen LogP contribution in [-0.4, -0.2) is 42.1 Å². The Kier molecular flexibility index (Phi) is 6.14. The van der Waals surface area contributed by atoms with Gasteiger partial charge in [0.15, 0.2) is 12.2 Å². The lowest BCUT2D eigenvalue weighted by molar-refractivity contribution is -0.180. The third kappa shape index (κ3) is 4.32. The minimum absolute atomic E-state index is 0.120. The fourth-order valence-electron chi connectivity index (χ4n) is 3.31. The van der Waals surface area contributed by atoms with E-state index in [0.717, 1.165) is 13.8 Å². The fraction of sp³-hybridized carbons (Fsp3) is 0.318. The van der Waals surface area contributed by atoms with Gasteiger partial charge in [-0.25, -0.2) is 18.4 Å². The van der Waals surface area contributed by atoms with E-state index in [2.05, 4.69) is 0 Å². The molecule has 0 heterocycles. The van der Waals surface area contributed by atoms with Crippen molar-refractivity contribution in [2.24, 2.45) is 5.92 Å². The minimum Gasteiger partial charge on any atom is -0.454 e. The molecule has 0 bridgehead atoms. The highest BCUT2D eigenvalue weighted by Crippen LogP contribution is 2.45. The van der Waals surface area contributed by atoms with Crippen molar-refractivity contribution in [1.29, 1.82) is 0 Å². The number of halogens is 2. The molecule has 4 atom stereocenters. The molecule has 1 aliphatic carbocycles. The lowest BCUT2D eigenvalue weighted by atomic mass is 10.1. The van der Waals surface area contributed by atoms with E-state index in [1.165, 1.54) is 24.3 Å². The molecule has 1 saturated carbocycles. The Morgan fingerprint density at radius 2 is 1.20 bits per heavy atom. The Labute approximate surface area is 171 Å². The predicted molar refractivity (Wildman–Crippen MR) is 101 cm³/mol. The van der Waals surface area contributed by atoms with Crippen LogP contribution < -0.4 is 0 Å². The van der Waals surface area contributed by atoms with Gasteiger partial charge in [0.25, 0.3) is 5.92 Å². The number of rotatable bonds is 5. The molecule has 2 aromatic rings. The maximum atomic E-state index is 14.9. The Balaban J connectivity index is 1.91. The van der Waals surface area contributed by atoms with Gasteiger partial charge in [0, 0.05) is 6.92 Å². The third-order valence-electron chi connectivity index (χ3n) is 4.90. The fourth-order valence-corrected chi connectivity index (χ4v) is 3.31. The van der Waals surface area contributed by atoms with Crippen LogP contribution in [-0.2, 0) is 19.0 Å². The van der Waals surface area contributed by atoms with E-state index in [1.54, 1.807) is 36.4 Å². The molecule has 0 unspecified atom stereocenters. The van der Waals surface area contributed by atoms with Crippen LogP contribution in [0.25, 0.3) is 0 Å². The smallest absolute Gasteiger partial charge is 0.338 e. The van der Waals surface area contributed by atoms with Crippen molar-refractivity contribution in [1.82, 2.24) is 0 Å². The van der Waals surface area contributed by atoms with Gasteiger partial charge in [0.2, 0.25) is 6.10 Å². The second-order valence-corrected chi connectivity index (χ2v) is 6.97. The van der Waals surface area contributed by atoms with Gasteiger partial charge in [0.1, 0.15) is 0 Å². The van der Waals surface area contributed by atoms with Crippen LogP contribution in [0.2, 0.25) is 0 Å². The van der Waals surface area contributed by atoms with Gasteiger partial charge in [-0.3, -0.25) is 4.79 Å². The molecule has 158 valence electrons. The monoisotopic (exact) mass is 418 g/mol. The number of hydrogen-bond donors (Lipinski definition) is 0. The number of carbonyl (C=O) groups excluding carboxylic acids is 3. The van der Waals surface area contributed by atoms with E-state index in [0.29, 0.717) is 0 Å². The van der Waals surface area contributed by atoms with Crippen molar-refractivity contribution in [3.63, 3.8) is 0 Å². The largest absolute Gasteiger partial charge is 0.454 e. The molecule has 0 radical (unpaired) electrons. The predicted octanol–water partition coefficient (Wildman–Crippen LogP) is 3.65. The molecule has 0 saturated heterocycles. The van der Waals surface area contributed by atoms with Gasteiger partial charge < -0.3 is 14.2 Å². The van der Waals surface area contributed by atoms with Crippen LogP contribution in [0.3, 0.4) is 0 Å². The van der Waals surface area contributed by atoms with E-state index >= 15 is 0 Å². The zero-order chi connectivity index (χ0) is 21.9. The zero-order valence-corrected chi connectivity index (χ0v) is 16.3. The van der Waals surface area contributed by atoms with Crippen molar-refractivity contribution in [3.8, 4) is 0 Å². The second-order valence-electron chi connectivity index (χ2n) is 6.97. The summed E-state index contributed by atoms with van der Waals surface area (Å²) < 4.78 is 45.2. The van der Waals surface area contributed by atoms with Gasteiger partial charge in [0.05, 0.1) is 17.0 Å². The van der Waals surface area contributed by atoms with Crippen molar-refractivity contribution in [3.05, 3.63) is 71.8 Å². The maximum Gasteiger partial charge on any atom is 0.338 e. The summed E-state index contributed by atoms with van der Waals surface area (Å²) in [5.41, 5.74) is 0.271. The first-order valence-corrected chi connectivity index (χ1v) is 9.29. The van der Waals surface area contributed by atoms with Gasteiger partial charge in [-0.05, 0) is 24.3 Å². The number of carbonyl (C=O) groups is 3. The lowest BCUT2D eigenvalue weighted by Gasteiger charge is -2.25. The molecular formula is C22H20F2O6. The van der Waals surface area contributed by atoms with Crippen LogP contribution in [0, 0.1) is 5.92 Å². The standard InChI is InChI=1S/C22H20F2O6/c1-13-17(29-20(26)15-9-5-3-6-10-15)18(19(22(13,23)24)28-14(2)25)30-21(27)16-11-7-4-8-12-16/h3-13,17-19H,1-2H3/t13-,17-,18+,19-/m1/s1. The Morgan fingerprint density at radius 3 is 1.63 bits per heavy atom. The Hall–Kier alpha value is -3.29. The van der Waals surface area contributed by atoms with Crippen molar-refractivity contribution in [2.75, 3.05) is 0 Å². The molecule has 0 aromatic heterocycles. The van der Waals surface area contributed by atoms with Crippen LogP contribution in [0.1, 0.15) is 34.6 Å². The molecule has 0 amide bonds. The summed E-state index contributed by atoms with van der Waals surface area (Å²) in [6, 6.07) is 15.5. The van der Waals surface area contributed by atoms with Gasteiger partial charge in [-0.1, -0.05) is 43.3 Å².